The van der Waals surface area contributed by atoms with Crippen LogP contribution in [0.4, 0.5) is 0 Å². The van der Waals surface area contributed by atoms with Gasteiger partial charge < -0.3 is 9.64 Å². The van der Waals surface area contributed by atoms with Gasteiger partial charge in [-0.2, -0.15) is 0 Å². The van der Waals surface area contributed by atoms with Crippen molar-refractivity contribution in [1.82, 2.24) is 4.90 Å². The molecular formula is C17H18BrNO2. The number of fused-ring (bicyclic) bond motifs is 1. The second-order valence-electron chi connectivity index (χ2n) is 5.27. The molecule has 0 N–H and O–H groups in total. The average molecular weight is 348 g/mol. The summed E-state index contributed by atoms with van der Waals surface area (Å²) < 4.78 is 6.37. The minimum atomic E-state index is 0.0740. The van der Waals surface area contributed by atoms with Crippen molar-refractivity contribution in [3.8, 4) is 0 Å². The van der Waals surface area contributed by atoms with Crippen molar-refractivity contribution in [2.24, 2.45) is 0 Å². The summed E-state index contributed by atoms with van der Waals surface area (Å²) in [5, 5.41) is 0. The third-order valence-electron chi connectivity index (χ3n) is 3.95. The van der Waals surface area contributed by atoms with E-state index in [4.69, 9.17) is 4.74 Å². The smallest absolute Gasteiger partial charge is 0.246 e. The molecule has 0 atom stereocenters. The Hall–Kier alpha value is -1.39. The number of rotatable bonds is 2. The van der Waals surface area contributed by atoms with Crippen LogP contribution in [-0.2, 0) is 16.0 Å². The van der Waals surface area contributed by atoms with E-state index in [9.17, 15) is 4.79 Å². The number of nitrogens with zero attached hydrogens (tertiary/aromatic N) is 1. The van der Waals surface area contributed by atoms with Gasteiger partial charge in [-0.1, -0.05) is 30.3 Å². The van der Waals surface area contributed by atoms with Crippen molar-refractivity contribution >= 4 is 26.3 Å². The Morgan fingerprint density at radius 2 is 1.95 bits per heavy atom. The summed E-state index contributed by atoms with van der Waals surface area (Å²) in [5.74, 6) is 0.0740. The van der Waals surface area contributed by atoms with Gasteiger partial charge in [0.05, 0.1) is 13.2 Å². The van der Waals surface area contributed by atoms with Crippen LogP contribution in [-0.4, -0.2) is 37.1 Å². The molecule has 1 fully saturated rings. The van der Waals surface area contributed by atoms with E-state index in [2.05, 4.69) is 34.1 Å². The molecule has 3 nitrogen and oxygen atoms in total. The Labute approximate surface area is 133 Å². The highest BCUT2D eigenvalue weighted by molar-refractivity contribution is 9.15. The topological polar surface area (TPSA) is 29.5 Å². The van der Waals surface area contributed by atoms with Crippen LogP contribution in [0.25, 0.3) is 4.48 Å². The first-order valence-corrected chi connectivity index (χ1v) is 8.06. The van der Waals surface area contributed by atoms with Crippen molar-refractivity contribution in [3.05, 3.63) is 53.1 Å². The van der Waals surface area contributed by atoms with Crippen LogP contribution in [0.3, 0.4) is 0 Å². The summed E-state index contributed by atoms with van der Waals surface area (Å²) >= 11 is 3.68. The molecule has 0 bridgehead atoms. The van der Waals surface area contributed by atoms with Gasteiger partial charge in [0.1, 0.15) is 0 Å². The third kappa shape index (κ3) is 3.27. The van der Waals surface area contributed by atoms with E-state index in [1.807, 2.05) is 17.0 Å². The molecule has 1 aliphatic carbocycles. The highest BCUT2D eigenvalue weighted by atomic mass is 79.9. The van der Waals surface area contributed by atoms with Gasteiger partial charge in [0.2, 0.25) is 5.91 Å². The van der Waals surface area contributed by atoms with Crippen molar-refractivity contribution in [1.29, 1.82) is 0 Å². The number of allylic oxidation sites excluding steroid dienone is 2. The maximum atomic E-state index is 12.1. The molecule has 110 valence electrons. The molecule has 21 heavy (non-hydrogen) atoms. The zero-order valence-electron chi connectivity index (χ0n) is 11.8. The number of carbonyl (C=O) groups is 1. The molecule has 4 heteroatoms. The predicted octanol–water partition coefficient (Wildman–Crippen LogP) is 3.15. The molecule has 0 unspecified atom stereocenters. The van der Waals surface area contributed by atoms with E-state index in [1.165, 1.54) is 16.7 Å². The zero-order valence-corrected chi connectivity index (χ0v) is 13.4. The standard InChI is InChI=1S/C17H18BrNO2/c18-17-14(6-5-13-3-1-2-4-15(13)17)7-8-16(20)19-9-11-21-12-10-19/h1-4,7-8H,5-6,9-12H2/b8-7+. The molecule has 1 amide bonds. The number of ether oxygens (including phenoxy) is 1. The lowest BCUT2D eigenvalue weighted by Gasteiger charge is -2.25. The molecule has 3 rings (SSSR count). The van der Waals surface area contributed by atoms with E-state index in [0.29, 0.717) is 26.3 Å². The highest BCUT2D eigenvalue weighted by Crippen LogP contribution is 2.35. The van der Waals surface area contributed by atoms with E-state index < -0.39 is 0 Å². The molecule has 1 heterocycles. The number of hydrogen-bond donors (Lipinski definition) is 0. The number of halogens is 1. The fourth-order valence-corrected chi connectivity index (χ4v) is 3.44. The summed E-state index contributed by atoms with van der Waals surface area (Å²) in [5.41, 5.74) is 3.79. The normalized spacial score (nSPS) is 19.0. The van der Waals surface area contributed by atoms with Gasteiger partial charge in [-0.05, 0) is 45.5 Å². The lowest BCUT2D eigenvalue weighted by Crippen LogP contribution is -2.39. The van der Waals surface area contributed by atoms with Crippen LogP contribution in [0.1, 0.15) is 17.5 Å². The Bertz CT molecular complexity index is 601. The highest BCUT2D eigenvalue weighted by Gasteiger charge is 2.17. The summed E-state index contributed by atoms with van der Waals surface area (Å²) in [7, 11) is 0. The van der Waals surface area contributed by atoms with Crippen molar-refractivity contribution in [2.75, 3.05) is 26.3 Å². The van der Waals surface area contributed by atoms with Crippen molar-refractivity contribution < 1.29 is 9.53 Å². The third-order valence-corrected chi connectivity index (χ3v) is 4.89. The fourth-order valence-electron chi connectivity index (χ4n) is 2.72. The molecule has 1 aromatic rings. The number of amides is 1. The summed E-state index contributed by atoms with van der Waals surface area (Å²) in [6.45, 7) is 2.65. The van der Waals surface area contributed by atoms with E-state index in [1.54, 1.807) is 6.08 Å². The monoisotopic (exact) mass is 347 g/mol. The Morgan fingerprint density at radius 3 is 2.76 bits per heavy atom. The zero-order chi connectivity index (χ0) is 14.7. The molecule has 0 spiro atoms. The second kappa shape index (κ2) is 6.58. The van der Waals surface area contributed by atoms with Gasteiger partial charge in [0, 0.05) is 23.6 Å². The quantitative estimate of drug-likeness (QED) is 0.769. The first kappa shape index (κ1) is 14.5. The van der Waals surface area contributed by atoms with Gasteiger partial charge >= 0.3 is 0 Å². The number of benzene rings is 1. The molecule has 0 radical (unpaired) electrons. The van der Waals surface area contributed by atoms with Crippen LogP contribution >= 0.6 is 15.9 Å². The maximum Gasteiger partial charge on any atom is 0.246 e. The van der Waals surface area contributed by atoms with E-state index >= 15 is 0 Å². The molecule has 1 aliphatic heterocycles. The van der Waals surface area contributed by atoms with Gasteiger partial charge in [-0.15, -0.1) is 0 Å². The minimum absolute atomic E-state index is 0.0740. The van der Waals surface area contributed by atoms with E-state index in [0.717, 1.165) is 17.3 Å². The van der Waals surface area contributed by atoms with Gasteiger partial charge in [0.15, 0.2) is 0 Å². The lowest BCUT2D eigenvalue weighted by molar-refractivity contribution is -0.129. The number of hydrogen-bond acceptors (Lipinski definition) is 2. The summed E-state index contributed by atoms with van der Waals surface area (Å²) in [6, 6.07) is 8.40. The summed E-state index contributed by atoms with van der Waals surface area (Å²) in [6.07, 6.45) is 5.63. The van der Waals surface area contributed by atoms with Crippen LogP contribution in [0.5, 0.6) is 0 Å². The molecular weight excluding hydrogens is 330 g/mol. The minimum Gasteiger partial charge on any atom is -0.378 e. The molecule has 1 saturated heterocycles. The lowest BCUT2D eigenvalue weighted by atomic mass is 9.92. The second-order valence-corrected chi connectivity index (χ2v) is 6.06. The van der Waals surface area contributed by atoms with Crippen molar-refractivity contribution in [2.45, 2.75) is 12.8 Å². The number of aryl methyl sites for hydroxylation is 1. The van der Waals surface area contributed by atoms with Crippen LogP contribution in [0, 0.1) is 0 Å². The van der Waals surface area contributed by atoms with Crippen LogP contribution in [0.2, 0.25) is 0 Å². The summed E-state index contributed by atoms with van der Waals surface area (Å²) in [4.78, 5) is 14.0. The van der Waals surface area contributed by atoms with Crippen LogP contribution < -0.4 is 0 Å². The molecule has 0 saturated carbocycles. The van der Waals surface area contributed by atoms with E-state index in [-0.39, 0.29) is 5.91 Å². The largest absolute Gasteiger partial charge is 0.378 e. The maximum absolute atomic E-state index is 12.1. The SMILES string of the molecule is O=C(/C=C/C1=C(Br)c2ccccc2CC1)N1CCOCC1. The number of morpholine rings is 1. The van der Waals surface area contributed by atoms with Gasteiger partial charge in [-0.3, -0.25) is 4.79 Å². The molecule has 2 aliphatic rings. The fraction of sp³-hybridized carbons (Fsp3) is 0.353. The Kier molecular flexibility index (Phi) is 4.56. The molecule has 1 aromatic carbocycles. The van der Waals surface area contributed by atoms with Crippen LogP contribution in [0.15, 0.2) is 42.0 Å². The number of carbonyl (C=O) groups excluding carboxylic acids is 1. The first-order chi connectivity index (χ1) is 10.3. The Morgan fingerprint density at radius 1 is 1.19 bits per heavy atom. The Balaban J connectivity index is 1.75. The average Bonchev–Trinajstić information content (AvgIpc) is 2.55. The van der Waals surface area contributed by atoms with Gasteiger partial charge in [-0.25, -0.2) is 0 Å². The van der Waals surface area contributed by atoms with Crippen molar-refractivity contribution in [3.63, 3.8) is 0 Å². The van der Waals surface area contributed by atoms with Gasteiger partial charge in [0.25, 0.3) is 0 Å². The first-order valence-electron chi connectivity index (χ1n) is 7.27. The molecule has 0 aromatic heterocycles. The predicted molar refractivity (Wildman–Crippen MR) is 87.1 cm³/mol.